The molecule has 1 aromatic carbocycles. The third-order valence-corrected chi connectivity index (χ3v) is 2.80. The Labute approximate surface area is 86.5 Å². The Morgan fingerprint density at radius 1 is 1.50 bits per heavy atom. The minimum absolute atomic E-state index is 0.649. The SMILES string of the molecule is CC(CC1CC1)NCc1[c]cccc1. The van der Waals surface area contributed by atoms with Gasteiger partial charge in [-0.3, -0.25) is 0 Å². The van der Waals surface area contributed by atoms with E-state index in [1.54, 1.807) is 0 Å². The lowest BCUT2D eigenvalue weighted by Gasteiger charge is -2.12. The molecule has 0 aromatic heterocycles. The van der Waals surface area contributed by atoms with E-state index in [0.717, 1.165) is 12.5 Å². The average Bonchev–Trinajstić information content (AvgIpc) is 3.00. The highest BCUT2D eigenvalue weighted by atomic mass is 14.9. The molecule has 0 bridgehead atoms. The number of hydrogen-bond donors (Lipinski definition) is 1. The molecule has 1 radical (unpaired) electrons. The number of benzene rings is 1. The van der Waals surface area contributed by atoms with Gasteiger partial charge in [0.25, 0.3) is 0 Å². The minimum atomic E-state index is 0.649. The van der Waals surface area contributed by atoms with Gasteiger partial charge < -0.3 is 5.32 Å². The molecule has 1 atom stereocenters. The summed E-state index contributed by atoms with van der Waals surface area (Å²) in [5.74, 6) is 1.01. The second kappa shape index (κ2) is 4.61. The molecule has 1 unspecified atom stereocenters. The van der Waals surface area contributed by atoms with Gasteiger partial charge in [-0.25, -0.2) is 0 Å². The Balaban J connectivity index is 1.70. The monoisotopic (exact) mass is 188 g/mol. The zero-order valence-corrected chi connectivity index (χ0v) is 8.79. The Bertz CT molecular complexity index is 264. The van der Waals surface area contributed by atoms with Gasteiger partial charge >= 0.3 is 0 Å². The molecule has 1 nitrogen and oxygen atoms in total. The predicted molar refractivity (Wildman–Crippen MR) is 58.9 cm³/mol. The molecule has 14 heavy (non-hydrogen) atoms. The third kappa shape index (κ3) is 3.15. The maximum absolute atomic E-state index is 3.54. The van der Waals surface area contributed by atoms with E-state index in [-0.39, 0.29) is 0 Å². The van der Waals surface area contributed by atoms with E-state index < -0.39 is 0 Å². The van der Waals surface area contributed by atoms with Gasteiger partial charge in [-0.05, 0) is 30.9 Å². The van der Waals surface area contributed by atoms with Crippen LogP contribution in [0.25, 0.3) is 0 Å². The van der Waals surface area contributed by atoms with Crippen molar-refractivity contribution in [3.63, 3.8) is 0 Å². The van der Waals surface area contributed by atoms with Crippen LogP contribution in [0.15, 0.2) is 24.3 Å². The van der Waals surface area contributed by atoms with Crippen LogP contribution in [-0.2, 0) is 6.54 Å². The molecule has 0 spiro atoms. The maximum atomic E-state index is 3.54. The molecule has 1 aliphatic rings. The average molecular weight is 188 g/mol. The minimum Gasteiger partial charge on any atom is -0.310 e. The van der Waals surface area contributed by atoms with E-state index in [2.05, 4.69) is 30.4 Å². The van der Waals surface area contributed by atoms with Crippen molar-refractivity contribution < 1.29 is 0 Å². The van der Waals surface area contributed by atoms with Gasteiger partial charge in [0, 0.05) is 12.6 Å². The summed E-state index contributed by atoms with van der Waals surface area (Å²) < 4.78 is 0. The molecule has 0 saturated heterocycles. The predicted octanol–water partition coefficient (Wildman–Crippen LogP) is 2.76. The molecule has 0 heterocycles. The van der Waals surface area contributed by atoms with Crippen LogP contribution in [-0.4, -0.2) is 6.04 Å². The standard InChI is InChI=1S/C13H18N/c1-11(9-12-7-8-12)14-10-13-5-3-2-4-6-13/h2-5,11-12,14H,7-10H2,1H3. The van der Waals surface area contributed by atoms with Gasteiger partial charge in [-0.2, -0.15) is 0 Å². The van der Waals surface area contributed by atoms with Crippen molar-refractivity contribution in [1.82, 2.24) is 5.32 Å². The van der Waals surface area contributed by atoms with Crippen molar-refractivity contribution >= 4 is 0 Å². The fourth-order valence-electron chi connectivity index (χ4n) is 1.76. The zero-order chi connectivity index (χ0) is 9.80. The highest BCUT2D eigenvalue weighted by molar-refractivity contribution is 5.12. The molecule has 1 aliphatic carbocycles. The van der Waals surface area contributed by atoms with E-state index in [9.17, 15) is 0 Å². The first-order chi connectivity index (χ1) is 6.84. The Morgan fingerprint density at radius 2 is 2.36 bits per heavy atom. The molecule has 1 saturated carbocycles. The molecule has 2 rings (SSSR count). The Hall–Kier alpha value is -0.820. The van der Waals surface area contributed by atoms with Crippen LogP contribution < -0.4 is 5.32 Å². The first-order valence-corrected chi connectivity index (χ1v) is 5.53. The van der Waals surface area contributed by atoms with Gasteiger partial charge in [0.05, 0.1) is 0 Å². The summed E-state index contributed by atoms with van der Waals surface area (Å²) in [5, 5.41) is 3.54. The fraction of sp³-hybridized carbons (Fsp3) is 0.538. The third-order valence-electron chi connectivity index (χ3n) is 2.80. The lowest BCUT2D eigenvalue weighted by atomic mass is 10.1. The summed E-state index contributed by atoms with van der Waals surface area (Å²) in [6, 6.07) is 12.1. The van der Waals surface area contributed by atoms with Crippen molar-refractivity contribution in [3.05, 3.63) is 35.9 Å². The summed E-state index contributed by atoms with van der Waals surface area (Å²) in [7, 11) is 0. The highest BCUT2D eigenvalue weighted by Gasteiger charge is 2.23. The van der Waals surface area contributed by atoms with Crippen LogP contribution in [0.2, 0.25) is 0 Å². The molecular formula is C13H18N. The van der Waals surface area contributed by atoms with Crippen molar-refractivity contribution in [2.45, 2.75) is 38.8 Å². The normalized spacial score (nSPS) is 18.1. The van der Waals surface area contributed by atoms with Gasteiger partial charge in [0.1, 0.15) is 0 Å². The van der Waals surface area contributed by atoms with E-state index in [1.807, 2.05) is 12.1 Å². The molecule has 0 aliphatic heterocycles. The van der Waals surface area contributed by atoms with E-state index >= 15 is 0 Å². The highest BCUT2D eigenvalue weighted by Crippen LogP contribution is 2.33. The van der Waals surface area contributed by atoms with Gasteiger partial charge in [0.15, 0.2) is 0 Å². The summed E-state index contributed by atoms with van der Waals surface area (Å²) in [6.45, 7) is 3.23. The summed E-state index contributed by atoms with van der Waals surface area (Å²) >= 11 is 0. The second-order valence-corrected chi connectivity index (χ2v) is 4.35. The first-order valence-electron chi connectivity index (χ1n) is 5.53. The van der Waals surface area contributed by atoms with E-state index in [4.69, 9.17) is 0 Å². The first kappa shape index (κ1) is 9.72. The molecule has 1 aromatic rings. The second-order valence-electron chi connectivity index (χ2n) is 4.35. The number of hydrogen-bond acceptors (Lipinski definition) is 1. The van der Waals surface area contributed by atoms with Crippen molar-refractivity contribution in [1.29, 1.82) is 0 Å². The Morgan fingerprint density at radius 3 is 3.00 bits per heavy atom. The van der Waals surface area contributed by atoms with Crippen LogP contribution in [0.4, 0.5) is 0 Å². The molecular weight excluding hydrogens is 170 g/mol. The molecule has 1 heteroatoms. The van der Waals surface area contributed by atoms with E-state index in [1.165, 1.54) is 24.8 Å². The largest absolute Gasteiger partial charge is 0.310 e. The summed E-state index contributed by atoms with van der Waals surface area (Å²) in [5.41, 5.74) is 1.26. The van der Waals surface area contributed by atoms with Crippen molar-refractivity contribution in [2.75, 3.05) is 0 Å². The van der Waals surface area contributed by atoms with Gasteiger partial charge in [-0.1, -0.05) is 37.1 Å². The van der Waals surface area contributed by atoms with Crippen LogP contribution in [0.3, 0.4) is 0 Å². The zero-order valence-electron chi connectivity index (χ0n) is 8.79. The number of rotatable bonds is 5. The summed E-state index contributed by atoms with van der Waals surface area (Å²) in [4.78, 5) is 0. The van der Waals surface area contributed by atoms with Crippen LogP contribution in [0.1, 0.15) is 31.7 Å². The van der Waals surface area contributed by atoms with Crippen molar-refractivity contribution in [2.24, 2.45) is 5.92 Å². The maximum Gasteiger partial charge on any atom is 0.0214 e. The quantitative estimate of drug-likeness (QED) is 0.749. The molecule has 1 fully saturated rings. The van der Waals surface area contributed by atoms with Crippen LogP contribution in [0.5, 0.6) is 0 Å². The summed E-state index contributed by atoms with van der Waals surface area (Å²) in [6.07, 6.45) is 4.24. The van der Waals surface area contributed by atoms with Crippen LogP contribution >= 0.6 is 0 Å². The van der Waals surface area contributed by atoms with Crippen molar-refractivity contribution in [3.8, 4) is 0 Å². The smallest absolute Gasteiger partial charge is 0.0214 e. The molecule has 75 valence electrons. The number of nitrogens with one attached hydrogen (secondary N) is 1. The molecule has 0 amide bonds. The van der Waals surface area contributed by atoms with Gasteiger partial charge in [0.2, 0.25) is 0 Å². The topological polar surface area (TPSA) is 12.0 Å². The molecule has 1 N–H and O–H groups in total. The Kier molecular flexibility index (Phi) is 3.20. The van der Waals surface area contributed by atoms with Crippen LogP contribution in [0, 0.1) is 12.0 Å². The van der Waals surface area contributed by atoms with E-state index in [0.29, 0.717) is 6.04 Å². The van der Waals surface area contributed by atoms with Gasteiger partial charge in [-0.15, -0.1) is 0 Å². The fourth-order valence-corrected chi connectivity index (χ4v) is 1.76. The lowest BCUT2D eigenvalue weighted by Crippen LogP contribution is -2.25. The lowest BCUT2D eigenvalue weighted by molar-refractivity contribution is 0.487.